The quantitative estimate of drug-likeness (QED) is 0.347. The van der Waals surface area contributed by atoms with Crippen LogP contribution in [0.1, 0.15) is 34.7 Å². The Labute approximate surface area is 228 Å². The maximum absolute atomic E-state index is 9.82. The van der Waals surface area contributed by atoms with E-state index in [-0.39, 0.29) is 17.8 Å². The molecule has 0 radical (unpaired) electrons. The van der Waals surface area contributed by atoms with Crippen LogP contribution in [0.15, 0.2) is 79.0 Å². The zero-order valence-electron chi connectivity index (χ0n) is 21.5. The average Bonchev–Trinajstić information content (AvgIpc) is 3.45. The molecule has 7 nitrogen and oxygen atoms in total. The SMILES string of the molecule is Cc1cc(C2C(c3ccccn3)NC(=S)N2c2ccc(N3CCOCC3)cc2)c(C)n1-c1ccc(O)cc1. The third-order valence-corrected chi connectivity index (χ3v) is 7.81. The molecule has 0 bridgehead atoms. The average molecular weight is 526 g/mol. The van der Waals surface area contributed by atoms with Gasteiger partial charge in [0.1, 0.15) is 5.75 Å². The summed E-state index contributed by atoms with van der Waals surface area (Å²) >= 11 is 5.95. The third-order valence-electron chi connectivity index (χ3n) is 7.50. The highest BCUT2D eigenvalue weighted by Crippen LogP contribution is 2.44. The molecule has 2 aliphatic heterocycles. The van der Waals surface area contributed by atoms with Crippen LogP contribution in [0.5, 0.6) is 5.75 Å². The van der Waals surface area contributed by atoms with Gasteiger partial charge in [0.15, 0.2) is 5.11 Å². The third kappa shape index (κ3) is 4.40. The van der Waals surface area contributed by atoms with E-state index in [0.29, 0.717) is 5.11 Å². The molecule has 0 spiro atoms. The highest BCUT2D eigenvalue weighted by atomic mass is 32.1. The number of pyridine rings is 1. The summed E-state index contributed by atoms with van der Waals surface area (Å²) in [4.78, 5) is 9.28. The van der Waals surface area contributed by atoms with Crippen LogP contribution in [0.3, 0.4) is 0 Å². The molecule has 2 aromatic carbocycles. The number of hydrogen-bond donors (Lipinski definition) is 2. The first-order valence-corrected chi connectivity index (χ1v) is 13.3. The number of anilines is 2. The number of thiocarbonyl (C=S) groups is 1. The van der Waals surface area contributed by atoms with E-state index in [9.17, 15) is 5.11 Å². The fourth-order valence-corrected chi connectivity index (χ4v) is 6.03. The van der Waals surface area contributed by atoms with E-state index in [1.165, 1.54) is 11.3 Å². The zero-order chi connectivity index (χ0) is 26.2. The number of phenols is 1. The van der Waals surface area contributed by atoms with Gasteiger partial charge in [0.25, 0.3) is 0 Å². The van der Waals surface area contributed by atoms with Crippen molar-refractivity contribution in [3.05, 3.63) is 102 Å². The first-order chi connectivity index (χ1) is 18.5. The molecule has 8 heteroatoms. The van der Waals surface area contributed by atoms with E-state index in [1.807, 2.05) is 30.5 Å². The van der Waals surface area contributed by atoms with Crippen LogP contribution in [0.2, 0.25) is 0 Å². The molecule has 2 aliphatic rings. The maximum Gasteiger partial charge on any atom is 0.174 e. The molecule has 4 aromatic rings. The summed E-state index contributed by atoms with van der Waals surface area (Å²) in [6, 6.07) is 24.0. The van der Waals surface area contributed by atoms with Crippen molar-refractivity contribution >= 4 is 28.7 Å². The van der Waals surface area contributed by atoms with Crippen LogP contribution < -0.4 is 15.1 Å². The zero-order valence-corrected chi connectivity index (χ0v) is 22.4. The molecule has 2 aromatic heterocycles. The second-order valence-corrected chi connectivity index (χ2v) is 10.2. The molecule has 2 saturated heterocycles. The number of nitrogens with zero attached hydrogens (tertiary/aromatic N) is 4. The van der Waals surface area contributed by atoms with Gasteiger partial charge in [0, 0.05) is 47.7 Å². The van der Waals surface area contributed by atoms with Gasteiger partial charge in [-0.05, 0) is 98.4 Å². The van der Waals surface area contributed by atoms with E-state index >= 15 is 0 Å². The maximum atomic E-state index is 9.82. The number of morpholine rings is 1. The Morgan fingerprint density at radius 3 is 2.29 bits per heavy atom. The van der Waals surface area contributed by atoms with Gasteiger partial charge in [-0.2, -0.15) is 0 Å². The summed E-state index contributed by atoms with van der Waals surface area (Å²) < 4.78 is 7.75. The van der Waals surface area contributed by atoms with E-state index in [1.54, 1.807) is 12.1 Å². The van der Waals surface area contributed by atoms with Crippen molar-refractivity contribution in [2.75, 3.05) is 36.1 Å². The number of benzene rings is 2. The van der Waals surface area contributed by atoms with Gasteiger partial charge in [0.2, 0.25) is 0 Å². The van der Waals surface area contributed by atoms with Gasteiger partial charge in [-0.3, -0.25) is 4.98 Å². The largest absolute Gasteiger partial charge is 0.508 e. The summed E-state index contributed by atoms with van der Waals surface area (Å²) in [5.41, 5.74) is 7.60. The predicted octanol–water partition coefficient (Wildman–Crippen LogP) is 5.21. The molecule has 0 saturated carbocycles. The highest BCUT2D eigenvalue weighted by molar-refractivity contribution is 7.80. The number of aromatic hydroxyl groups is 1. The van der Waals surface area contributed by atoms with Gasteiger partial charge in [-0.25, -0.2) is 0 Å². The number of aryl methyl sites for hydroxylation is 1. The topological polar surface area (TPSA) is 65.8 Å². The van der Waals surface area contributed by atoms with Crippen LogP contribution in [0.4, 0.5) is 11.4 Å². The van der Waals surface area contributed by atoms with Crippen LogP contribution in [-0.2, 0) is 4.74 Å². The monoisotopic (exact) mass is 525 g/mol. The smallest absolute Gasteiger partial charge is 0.174 e. The van der Waals surface area contributed by atoms with Crippen LogP contribution in [0.25, 0.3) is 5.69 Å². The number of hydrogen-bond acceptors (Lipinski definition) is 5. The molecule has 194 valence electrons. The molecule has 0 aliphatic carbocycles. The molecule has 2 fully saturated rings. The predicted molar refractivity (Wildman–Crippen MR) is 154 cm³/mol. The van der Waals surface area contributed by atoms with E-state index in [2.05, 4.69) is 69.9 Å². The lowest BCUT2D eigenvalue weighted by Gasteiger charge is -2.31. The molecule has 2 unspecified atom stereocenters. The van der Waals surface area contributed by atoms with Gasteiger partial charge in [-0.15, -0.1) is 0 Å². The summed E-state index contributed by atoms with van der Waals surface area (Å²) in [6.45, 7) is 7.57. The number of phenolic OH excluding ortho intramolecular Hbond substituents is 1. The number of aromatic nitrogens is 2. The van der Waals surface area contributed by atoms with E-state index < -0.39 is 0 Å². The van der Waals surface area contributed by atoms with Crippen molar-refractivity contribution in [3.63, 3.8) is 0 Å². The standard InChI is InChI=1S/C30H31N5O2S/c1-20-19-26(21(2)34(20)23-10-12-25(36)13-11-23)29-28(27-5-3-4-14-31-27)32-30(38)35(29)24-8-6-22(7-9-24)33-15-17-37-18-16-33/h3-14,19,28-29,36H,15-18H2,1-2H3,(H,32,38). The molecule has 4 heterocycles. The lowest BCUT2D eigenvalue weighted by molar-refractivity contribution is 0.122. The van der Waals surface area contributed by atoms with Gasteiger partial charge >= 0.3 is 0 Å². The number of nitrogens with one attached hydrogen (secondary N) is 1. The number of rotatable bonds is 5. The lowest BCUT2D eigenvalue weighted by Crippen LogP contribution is -2.36. The minimum atomic E-state index is -0.114. The minimum Gasteiger partial charge on any atom is -0.508 e. The Hall–Kier alpha value is -3.88. The normalized spacial score (nSPS) is 19.6. The summed E-state index contributed by atoms with van der Waals surface area (Å²) in [5, 5.41) is 14.1. The van der Waals surface area contributed by atoms with Crippen molar-refractivity contribution < 1.29 is 9.84 Å². The molecular formula is C30H31N5O2S. The van der Waals surface area contributed by atoms with Crippen molar-refractivity contribution in [1.29, 1.82) is 0 Å². The summed E-state index contributed by atoms with van der Waals surface area (Å²) in [5.74, 6) is 0.253. The lowest BCUT2D eigenvalue weighted by atomic mass is 9.96. The summed E-state index contributed by atoms with van der Waals surface area (Å²) in [7, 11) is 0. The second-order valence-electron chi connectivity index (χ2n) is 9.79. The fraction of sp³-hybridized carbons (Fsp3) is 0.267. The van der Waals surface area contributed by atoms with Crippen molar-refractivity contribution in [2.45, 2.75) is 25.9 Å². The van der Waals surface area contributed by atoms with Crippen LogP contribution in [-0.4, -0.2) is 46.1 Å². The molecule has 6 rings (SSSR count). The Morgan fingerprint density at radius 1 is 0.921 bits per heavy atom. The fourth-order valence-electron chi connectivity index (χ4n) is 5.68. The van der Waals surface area contributed by atoms with Crippen LogP contribution in [0, 0.1) is 13.8 Å². The van der Waals surface area contributed by atoms with Crippen molar-refractivity contribution in [1.82, 2.24) is 14.9 Å². The van der Waals surface area contributed by atoms with Gasteiger partial charge in [0.05, 0.1) is 31.0 Å². The van der Waals surface area contributed by atoms with E-state index in [0.717, 1.165) is 54.8 Å². The molecular weight excluding hydrogens is 494 g/mol. The molecule has 2 N–H and O–H groups in total. The first-order valence-electron chi connectivity index (χ1n) is 12.9. The van der Waals surface area contributed by atoms with Gasteiger partial charge in [-0.1, -0.05) is 6.07 Å². The Balaban J connectivity index is 1.43. The van der Waals surface area contributed by atoms with Gasteiger partial charge < -0.3 is 29.5 Å². The Kier molecular flexibility index (Phi) is 6.51. The van der Waals surface area contributed by atoms with Crippen molar-refractivity contribution in [2.24, 2.45) is 0 Å². The highest BCUT2D eigenvalue weighted by Gasteiger charge is 2.42. The van der Waals surface area contributed by atoms with Crippen molar-refractivity contribution in [3.8, 4) is 11.4 Å². The Morgan fingerprint density at radius 2 is 1.61 bits per heavy atom. The summed E-state index contributed by atoms with van der Waals surface area (Å²) in [6.07, 6.45) is 1.83. The minimum absolute atomic E-state index is 0.0938. The Bertz CT molecular complexity index is 1430. The van der Waals surface area contributed by atoms with E-state index in [4.69, 9.17) is 21.9 Å². The first kappa shape index (κ1) is 24.5. The molecule has 38 heavy (non-hydrogen) atoms. The molecule has 2 atom stereocenters. The second kappa shape index (κ2) is 10.1. The number of ether oxygens (including phenoxy) is 1. The van der Waals surface area contributed by atoms with Crippen LogP contribution >= 0.6 is 12.2 Å². The molecule has 0 amide bonds.